The highest BCUT2D eigenvalue weighted by Gasteiger charge is 2.50. The predicted molar refractivity (Wildman–Crippen MR) is 152 cm³/mol. The summed E-state index contributed by atoms with van der Waals surface area (Å²) in [6.45, 7) is 0.579. The van der Waals surface area contributed by atoms with Gasteiger partial charge in [-0.2, -0.15) is 0 Å². The standard InChI is InChI=1S/C31H33NO14/c1-12-26(37)15(32)8-21(45-12)46-17-10-31(42,18(33)11-44-20(36)7-6-19(34)35)9-14-23(17)30(41)25-24(28(14)39)27(38)13-4-3-5-16(43-2)22(13)29(25)40/h3-5,12,15,17,21,26,37,39,41-42H,6-11,32H2,1-2H3,(H,34,35)/t12-,15-,17-,21-,26+,31-/m0/s1. The van der Waals surface area contributed by atoms with Gasteiger partial charge < -0.3 is 50.2 Å². The van der Waals surface area contributed by atoms with E-state index < -0.39 is 120 Å². The molecule has 2 aromatic rings. The van der Waals surface area contributed by atoms with Crippen molar-refractivity contribution in [3.8, 4) is 17.2 Å². The molecular weight excluding hydrogens is 610 g/mol. The number of rotatable bonds is 9. The maximum absolute atomic E-state index is 13.8. The van der Waals surface area contributed by atoms with Gasteiger partial charge in [-0.15, -0.1) is 0 Å². The van der Waals surface area contributed by atoms with Gasteiger partial charge in [0.2, 0.25) is 11.6 Å². The van der Waals surface area contributed by atoms with Crippen LogP contribution in [0.5, 0.6) is 17.2 Å². The first-order chi connectivity index (χ1) is 21.7. The molecule has 5 rings (SSSR count). The summed E-state index contributed by atoms with van der Waals surface area (Å²) in [7, 11) is 1.30. The van der Waals surface area contributed by atoms with Crippen molar-refractivity contribution in [1.82, 2.24) is 0 Å². The summed E-state index contributed by atoms with van der Waals surface area (Å²) in [4.78, 5) is 63.5. The lowest BCUT2D eigenvalue weighted by molar-refractivity contribution is -0.247. The molecule has 0 unspecified atom stereocenters. The number of carbonyl (C=O) groups is 5. The molecule has 6 atom stereocenters. The Hall–Kier alpha value is -4.41. The first kappa shape index (κ1) is 33.0. The number of hydrogen-bond acceptors (Lipinski definition) is 14. The summed E-state index contributed by atoms with van der Waals surface area (Å²) < 4.78 is 22.0. The highest BCUT2D eigenvalue weighted by molar-refractivity contribution is 6.31. The van der Waals surface area contributed by atoms with Crippen molar-refractivity contribution in [2.45, 2.75) is 75.3 Å². The predicted octanol–water partition coefficient (Wildman–Crippen LogP) is 0.417. The van der Waals surface area contributed by atoms with Gasteiger partial charge in [-0.25, -0.2) is 0 Å². The fraction of sp³-hybridized carbons (Fsp3) is 0.452. The fourth-order valence-corrected chi connectivity index (χ4v) is 6.16. The third-order valence-corrected chi connectivity index (χ3v) is 8.57. The van der Waals surface area contributed by atoms with Crippen LogP contribution in [0.3, 0.4) is 0 Å². The number of phenolic OH excluding ortho intramolecular Hbond substituents is 2. The minimum absolute atomic E-state index is 0.0510. The first-order valence-electron chi connectivity index (χ1n) is 14.4. The van der Waals surface area contributed by atoms with Crippen LogP contribution >= 0.6 is 0 Å². The number of aliphatic hydroxyl groups is 2. The first-order valence-corrected chi connectivity index (χ1v) is 14.4. The number of esters is 1. The normalized spacial score (nSPS) is 26.8. The van der Waals surface area contributed by atoms with Crippen LogP contribution in [-0.4, -0.2) is 98.7 Å². The molecule has 0 bridgehead atoms. The van der Waals surface area contributed by atoms with E-state index in [1.807, 2.05) is 0 Å². The van der Waals surface area contributed by atoms with E-state index in [-0.39, 0.29) is 34.4 Å². The largest absolute Gasteiger partial charge is 0.507 e. The number of aromatic hydroxyl groups is 2. The van der Waals surface area contributed by atoms with Crippen LogP contribution in [0.2, 0.25) is 0 Å². The summed E-state index contributed by atoms with van der Waals surface area (Å²) in [6.07, 6.45) is -6.83. The summed E-state index contributed by atoms with van der Waals surface area (Å²) in [5.74, 6) is -6.42. The quantitative estimate of drug-likeness (QED) is 0.137. The topological polar surface area (TPSA) is 249 Å². The number of methoxy groups -OCH3 is 1. The average Bonchev–Trinajstić information content (AvgIpc) is 3.01. The van der Waals surface area contributed by atoms with E-state index in [1.54, 1.807) is 6.92 Å². The van der Waals surface area contributed by atoms with Crippen molar-refractivity contribution < 1.29 is 68.5 Å². The number of phenols is 2. The number of carboxylic acids is 1. The number of carbonyl (C=O) groups excluding carboxylic acids is 4. The molecular formula is C31H33NO14. The molecule has 1 saturated heterocycles. The molecule has 15 nitrogen and oxygen atoms in total. The maximum atomic E-state index is 13.8. The molecule has 46 heavy (non-hydrogen) atoms. The number of aliphatic hydroxyl groups excluding tert-OH is 1. The van der Waals surface area contributed by atoms with Crippen LogP contribution in [0.1, 0.15) is 81.7 Å². The van der Waals surface area contributed by atoms with Crippen LogP contribution in [0, 0.1) is 0 Å². The third kappa shape index (κ3) is 5.71. The molecule has 0 amide bonds. The van der Waals surface area contributed by atoms with E-state index in [2.05, 4.69) is 0 Å². The molecule has 15 heteroatoms. The smallest absolute Gasteiger partial charge is 0.306 e. The molecule has 1 aliphatic heterocycles. The SMILES string of the molecule is COc1cccc2c1C(=O)c1c(O)c3c(c(O)c1C2=O)C[C@@](O)(C(=O)COC(=O)CCC(=O)O)C[C@@H]3O[C@H]1C[C@H](N)[C@H](O)[C@H](C)O1. The summed E-state index contributed by atoms with van der Waals surface area (Å²) in [5.41, 5.74) is 1.85. The zero-order chi connectivity index (χ0) is 33.7. The zero-order valence-corrected chi connectivity index (χ0v) is 24.8. The average molecular weight is 644 g/mol. The second kappa shape index (κ2) is 12.4. The number of ether oxygens (including phenoxy) is 4. The van der Waals surface area contributed by atoms with Crippen molar-refractivity contribution in [3.63, 3.8) is 0 Å². The van der Waals surface area contributed by atoms with Crippen molar-refractivity contribution >= 4 is 29.3 Å². The Balaban J connectivity index is 1.58. The Morgan fingerprint density at radius 3 is 2.41 bits per heavy atom. The molecule has 7 N–H and O–H groups in total. The number of ketones is 3. The fourth-order valence-electron chi connectivity index (χ4n) is 6.16. The second-order valence-corrected chi connectivity index (χ2v) is 11.6. The highest BCUT2D eigenvalue weighted by Crippen LogP contribution is 2.52. The van der Waals surface area contributed by atoms with Crippen LogP contribution in [-0.2, 0) is 35.0 Å². The van der Waals surface area contributed by atoms with Gasteiger partial charge in [0.15, 0.2) is 18.7 Å². The summed E-state index contributed by atoms with van der Waals surface area (Å²) in [6, 6.07) is 3.47. The van der Waals surface area contributed by atoms with Gasteiger partial charge in [0, 0.05) is 42.0 Å². The number of nitrogens with two attached hydrogens (primary N) is 1. The molecule has 0 saturated carbocycles. The van der Waals surface area contributed by atoms with Crippen molar-refractivity contribution in [2.75, 3.05) is 13.7 Å². The van der Waals surface area contributed by atoms with Crippen LogP contribution in [0.4, 0.5) is 0 Å². The third-order valence-electron chi connectivity index (χ3n) is 8.57. The highest BCUT2D eigenvalue weighted by atomic mass is 16.7. The Kier molecular flexibility index (Phi) is 8.90. The molecule has 2 aliphatic carbocycles. The number of Topliss-reactive ketones (excluding diaryl/α,β-unsaturated/α-hetero) is 1. The zero-order valence-electron chi connectivity index (χ0n) is 24.8. The number of benzene rings is 2. The van der Waals surface area contributed by atoms with Gasteiger partial charge in [0.1, 0.15) is 22.8 Å². The number of fused-ring (bicyclic) bond motifs is 3. The van der Waals surface area contributed by atoms with Gasteiger partial charge in [0.25, 0.3) is 0 Å². The van der Waals surface area contributed by atoms with Gasteiger partial charge in [-0.1, -0.05) is 12.1 Å². The van der Waals surface area contributed by atoms with E-state index in [0.717, 1.165) is 0 Å². The lowest BCUT2D eigenvalue weighted by Gasteiger charge is -2.42. The Labute approximate surface area is 261 Å². The van der Waals surface area contributed by atoms with Gasteiger partial charge in [-0.05, 0) is 13.0 Å². The van der Waals surface area contributed by atoms with Crippen molar-refractivity contribution in [3.05, 3.63) is 51.6 Å². The summed E-state index contributed by atoms with van der Waals surface area (Å²) in [5, 5.41) is 53.8. The van der Waals surface area contributed by atoms with E-state index in [0.29, 0.717) is 0 Å². The monoisotopic (exact) mass is 643 g/mol. The van der Waals surface area contributed by atoms with Crippen LogP contribution < -0.4 is 10.5 Å². The lowest BCUT2D eigenvalue weighted by atomic mass is 9.72. The van der Waals surface area contributed by atoms with Crippen molar-refractivity contribution in [2.24, 2.45) is 5.73 Å². The number of hydrogen-bond donors (Lipinski definition) is 6. The van der Waals surface area contributed by atoms with Gasteiger partial charge in [-0.3, -0.25) is 24.0 Å². The van der Waals surface area contributed by atoms with E-state index in [1.165, 1.54) is 25.3 Å². The Morgan fingerprint density at radius 1 is 1.07 bits per heavy atom. The van der Waals surface area contributed by atoms with Gasteiger partial charge in [0.05, 0.1) is 55.0 Å². The minimum atomic E-state index is -2.41. The Morgan fingerprint density at radius 2 is 1.76 bits per heavy atom. The van der Waals surface area contributed by atoms with E-state index in [4.69, 9.17) is 29.8 Å². The van der Waals surface area contributed by atoms with E-state index >= 15 is 0 Å². The summed E-state index contributed by atoms with van der Waals surface area (Å²) >= 11 is 0. The number of carboxylic acid groups (broad SMARTS) is 1. The van der Waals surface area contributed by atoms with Crippen LogP contribution in [0.15, 0.2) is 18.2 Å². The lowest BCUT2D eigenvalue weighted by Crippen LogP contribution is -2.53. The minimum Gasteiger partial charge on any atom is -0.507 e. The molecule has 0 spiro atoms. The molecule has 246 valence electrons. The molecule has 3 aliphatic rings. The van der Waals surface area contributed by atoms with E-state index in [9.17, 15) is 44.4 Å². The molecule has 1 heterocycles. The van der Waals surface area contributed by atoms with Crippen LogP contribution in [0.25, 0.3) is 0 Å². The Bertz CT molecular complexity index is 1620. The molecule has 1 fully saturated rings. The van der Waals surface area contributed by atoms with Crippen molar-refractivity contribution in [1.29, 1.82) is 0 Å². The van der Waals surface area contributed by atoms with Gasteiger partial charge >= 0.3 is 11.9 Å². The maximum Gasteiger partial charge on any atom is 0.306 e. The molecule has 0 radical (unpaired) electrons. The second-order valence-electron chi connectivity index (χ2n) is 11.6. The molecule has 2 aromatic carbocycles. The number of aliphatic carboxylic acids is 1. The molecule has 0 aromatic heterocycles.